The first-order valence-electron chi connectivity index (χ1n) is 9.65. The molecule has 2 atom stereocenters. The first-order chi connectivity index (χ1) is 14.4. The van der Waals surface area contributed by atoms with Gasteiger partial charge in [-0.3, -0.25) is 9.69 Å². The van der Waals surface area contributed by atoms with E-state index in [1.165, 1.54) is 0 Å². The molecule has 2 saturated heterocycles. The predicted molar refractivity (Wildman–Crippen MR) is 115 cm³/mol. The minimum atomic E-state index is -3.24. The number of carbonyl (C=O) groups is 1. The summed E-state index contributed by atoms with van der Waals surface area (Å²) >= 11 is 6.09. The van der Waals surface area contributed by atoms with Gasteiger partial charge in [0.25, 0.3) is 0 Å². The molecular formula is C21H23ClN2O5S. The van der Waals surface area contributed by atoms with Crippen LogP contribution < -0.4 is 14.4 Å². The molecule has 4 rings (SSSR count). The molecule has 2 aliphatic heterocycles. The lowest BCUT2D eigenvalue weighted by Gasteiger charge is -2.43. The van der Waals surface area contributed by atoms with Gasteiger partial charge in [-0.15, -0.1) is 0 Å². The zero-order valence-electron chi connectivity index (χ0n) is 16.5. The van der Waals surface area contributed by atoms with Crippen molar-refractivity contribution in [2.24, 2.45) is 0 Å². The lowest BCUT2D eigenvalue weighted by Crippen LogP contribution is -2.62. The number of halogens is 1. The highest BCUT2D eigenvalue weighted by molar-refractivity contribution is 7.91. The standard InChI is InChI=1S/C21H23ClN2O5S/c1-28-17-5-7-18(8-6-17)29-10-9-23-12-21(25)24(16-4-2-3-15(22)11-16)20-14-30(26,27)13-19(20)23/h2-8,11,19-20H,9-10,12-14H2,1H3/t19-,20-/m0/s1. The fourth-order valence-electron chi connectivity index (χ4n) is 4.12. The summed E-state index contributed by atoms with van der Waals surface area (Å²) in [6.07, 6.45) is 0. The van der Waals surface area contributed by atoms with Crippen LogP contribution in [0.4, 0.5) is 5.69 Å². The van der Waals surface area contributed by atoms with Crippen molar-refractivity contribution in [1.29, 1.82) is 0 Å². The number of amides is 1. The van der Waals surface area contributed by atoms with E-state index < -0.39 is 15.9 Å². The monoisotopic (exact) mass is 450 g/mol. The van der Waals surface area contributed by atoms with Crippen molar-refractivity contribution < 1.29 is 22.7 Å². The van der Waals surface area contributed by atoms with Crippen LogP contribution in [0.5, 0.6) is 11.5 Å². The van der Waals surface area contributed by atoms with E-state index in [2.05, 4.69) is 0 Å². The Morgan fingerprint density at radius 3 is 2.47 bits per heavy atom. The van der Waals surface area contributed by atoms with Gasteiger partial charge in [-0.2, -0.15) is 0 Å². The van der Waals surface area contributed by atoms with Crippen LogP contribution in [0.2, 0.25) is 5.02 Å². The van der Waals surface area contributed by atoms with E-state index in [1.54, 1.807) is 36.3 Å². The Morgan fingerprint density at radius 1 is 1.07 bits per heavy atom. The van der Waals surface area contributed by atoms with Gasteiger partial charge in [0.05, 0.1) is 31.2 Å². The summed E-state index contributed by atoms with van der Waals surface area (Å²) in [7, 11) is -1.65. The third-order valence-corrected chi connectivity index (χ3v) is 7.43. The average molecular weight is 451 g/mol. The van der Waals surface area contributed by atoms with Crippen molar-refractivity contribution >= 4 is 33.0 Å². The molecule has 160 valence electrons. The van der Waals surface area contributed by atoms with Crippen molar-refractivity contribution in [2.75, 3.05) is 43.2 Å². The lowest BCUT2D eigenvalue weighted by molar-refractivity contribution is -0.123. The van der Waals surface area contributed by atoms with Gasteiger partial charge >= 0.3 is 0 Å². The van der Waals surface area contributed by atoms with Crippen molar-refractivity contribution in [2.45, 2.75) is 12.1 Å². The smallest absolute Gasteiger partial charge is 0.241 e. The fraction of sp³-hybridized carbons (Fsp3) is 0.381. The number of nitrogens with zero attached hydrogens (tertiary/aromatic N) is 2. The largest absolute Gasteiger partial charge is 0.497 e. The van der Waals surface area contributed by atoms with Crippen LogP contribution in [0.3, 0.4) is 0 Å². The Kier molecular flexibility index (Phi) is 5.90. The van der Waals surface area contributed by atoms with Gasteiger partial charge in [-0.1, -0.05) is 17.7 Å². The van der Waals surface area contributed by atoms with Gasteiger partial charge in [0, 0.05) is 23.3 Å². The van der Waals surface area contributed by atoms with Crippen LogP contribution >= 0.6 is 11.6 Å². The van der Waals surface area contributed by atoms with E-state index >= 15 is 0 Å². The number of anilines is 1. The Bertz CT molecular complexity index is 1030. The van der Waals surface area contributed by atoms with Crippen LogP contribution in [-0.2, 0) is 14.6 Å². The Morgan fingerprint density at radius 2 is 1.77 bits per heavy atom. The minimum Gasteiger partial charge on any atom is -0.497 e. The number of ether oxygens (including phenoxy) is 2. The molecule has 9 heteroatoms. The molecule has 2 aliphatic rings. The molecule has 0 N–H and O–H groups in total. The number of methoxy groups -OCH3 is 1. The SMILES string of the molecule is COc1ccc(OCCN2CC(=O)N(c3cccc(Cl)c3)[C@H]3CS(=O)(=O)C[C@@H]32)cc1. The second kappa shape index (κ2) is 8.45. The van der Waals surface area contributed by atoms with Crippen LogP contribution in [0.1, 0.15) is 0 Å². The molecule has 2 fully saturated rings. The number of sulfone groups is 1. The first kappa shape index (κ1) is 21.0. The highest BCUT2D eigenvalue weighted by Crippen LogP contribution is 2.32. The first-order valence-corrected chi connectivity index (χ1v) is 11.9. The molecule has 0 saturated carbocycles. The quantitative estimate of drug-likeness (QED) is 0.671. The van der Waals surface area contributed by atoms with E-state index in [9.17, 15) is 13.2 Å². The molecular weight excluding hydrogens is 428 g/mol. The number of hydrogen-bond donors (Lipinski definition) is 0. The Labute approximate surface area is 181 Å². The van der Waals surface area contributed by atoms with Crippen LogP contribution in [0.25, 0.3) is 0 Å². The molecule has 2 aromatic rings. The Hall–Kier alpha value is -2.29. The van der Waals surface area contributed by atoms with E-state index in [0.29, 0.717) is 29.6 Å². The zero-order chi connectivity index (χ0) is 21.3. The van der Waals surface area contributed by atoms with E-state index in [-0.39, 0.29) is 30.0 Å². The van der Waals surface area contributed by atoms with Crippen LogP contribution in [0.15, 0.2) is 48.5 Å². The molecule has 0 aromatic heterocycles. The summed E-state index contributed by atoms with van der Waals surface area (Å²) in [5.74, 6) is 1.27. The maximum absolute atomic E-state index is 13.0. The Balaban J connectivity index is 1.48. The fourth-order valence-corrected chi connectivity index (χ4v) is 6.28. The van der Waals surface area contributed by atoms with E-state index in [4.69, 9.17) is 21.1 Å². The van der Waals surface area contributed by atoms with Crippen LogP contribution in [-0.4, -0.2) is 69.6 Å². The van der Waals surface area contributed by atoms with Gasteiger partial charge in [0.2, 0.25) is 5.91 Å². The summed E-state index contributed by atoms with van der Waals surface area (Å²) in [4.78, 5) is 16.5. The highest BCUT2D eigenvalue weighted by Gasteiger charge is 2.49. The maximum Gasteiger partial charge on any atom is 0.241 e. The summed E-state index contributed by atoms with van der Waals surface area (Å²) in [6.45, 7) is 0.938. The number of piperazine rings is 1. The van der Waals surface area contributed by atoms with Crippen molar-refractivity contribution in [3.8, 4) is 11.5 Å². The van der Waals surface area contributed by atoms with E-state index in [1.807, 2.05) is 29.2 Å². The molecule has 30 heavy (non-hydrogen) atoms. The van der Waals surface area contributed by atoms with Gasteiger partial charge < -0.3 is 14.4 Å². The van der Waals surface area contributed by atoms with Gasteiger partial charge in [0.15, 0.2) is 9.84 Å². The number of fused-ring (bicyclic) bond motifs is 1. The van der Waals surface area contributed by atoms with Crippen molar-refractivity contribution in [3.63, 3.8) is 0 Å². The van der Waals surface area contributed by atoms with Gasteiger partial charge in [-0.25, -0.2) is 8.42 Å². The molecule has 2 heterocycles. The number of benzene rings is 2. The molecule has 0 aliphatic carbocycles. The van der Waals surface area contributed by atoms with Crippen molar-refractivity contribution in [3.05, 3.63) is 53.6 Å². The summed E-state index contributed by atoms with van der Waals surface area (Å²) in [5, 5.41) is 0.507. The molecule has 7 nitrogen and oxygen atoms in total. The predicted octanol–water partition coefficient (Wildman–Crippen LogP) is 2.24. The summed E-state index contributed by atoms with van der Waals surface area (Å²) < 4.78 is 35.7. The molecule has 0 radical (unpaired) electrons. The number of carbonyl (C=O) groups excluding carboxylic acids is 1. The molecule has 0 bridgehead atoms. The minimum absolute atomic E-state index is 0.0323. The van der Waals surface area contributed by atoms with E-state index in [0.717, 1.165) is 5.75 Å². The number of hydrogen-bond acceptors (Lipinski definition) is 6. The van der Waals surface area contributed by atoms with Gasteiger partial charge in [0.1, 0.15) is 18.1 Å². The molecule has 2 aromatic carbocycles. The molecule has 1 amide bonds. The highest BCUT2D eigenvalue weighted by atomic mass is 35.5. The summed E-state index contributed by atoms with van der Waals surface area (Å²) in [5.41, 5.74) is 0.633. The topological polar surface area (TPSA) is 76.2 Å². The molecule has 0 spiro atoms. The summed E-state index contributed by atoms with van der Waals surface area (Å²) in [6, 6.07) is 13.5. The third-order valence-electron chi connectivity index (χ3n) is 5.49. The van der Waals surface area contributed by atoms with Gasteiger partial charge in [-0.05, 0) is 42.5 Å². The van der Waals surface area contributed by atoms with Crippen LogP contribution in [0, 0.1) is 0 Å². The number of rotatable bonds is 6. The second-order valence-corrected chi connectivity index (χ2v) is 10.0. The normalized spacial score (nSPS) is 23.3. The lowest BCUT2D eigenvalue weighted by atomic mass is 10.0. The average Bonchev–Trinajstić information content (AvgIpc) is 3.03. The third kappa shape index (κ3) is 4.40. The van der Waals surface area contributed by atoms with Crippen molar-refractivity contribution in [1.82, 2.24) is 4.90 Å². The molecule has 0 unspecified atom stereocenters. The second-order valence-electron chi connectivity index (χ2n) is 7.45. The maximum atomic E-state index is 13.0. The zero-order valence-corrected chi connectivity index (χ0v) is 18.1.